The van der Waals surface area contributed by atoms with E-state index in [9.17, 15) is 13.2 Å². The summed E-state index contributed by atoms with van der Waals surface area (Å²) < 4.78 is 43.4. The van der Waals surface area contributed by atoms with Gasteiger partial charge in [0.2, 0.25) is 0 Å². The zero-order valence-electron chi connectivity index (χ0n) is 8.94. The number of oxazole rings is 1. The number of halogens is 3. The van der Waals surface area contributed by atoms with Crippen LogP contribution in [0, 0.1) is 0 Å². The minimum Gasteiger partial charge on any atom is -0.440 e. The molecule has 0 saturated heterocycles. The van der Waals surface area contributed by atoms with Gasteiger partial charge in [-0.3, -0.25) is 0 Å². The molecule has 96 valence electrons. The maximum absolute atomic E-state index is 12.8. The number of aliphatic hydroxyl groups excluding tert-OH is 1. The Morgan fingerprint density at radius 3 is 2.67 bits per heavy atom. The molecule has 0 aliphatic heterocycles. The summed E-state index contributed by atoms with van der Waals surface area (Å²) in [5, 5.41) is 9.01. The molecule has 2 aromatic rings. The van der Waals surface area contributed by atoms with Gasteiger partial charge in [-0.1, -0.05) is 6.07 Å². The van der Waals surface area contributed by atoms with Crippen molar-refractivity contribution in [3.05, 3.63) is 41.8 Å². The topological polar surface area (TPSA) is 46.3 Å². The Balaban J connectivity index is 2.40. The van der Waals surface area contributed by atoms with Crippen LogP contribution >= 0.6 is 11.8 Å². The van der Waals surface area contributed by atoms with Crippen LogP contribution in [0.5, 0.6) is 0 Å². The van der Waals surface area contributed by atoms with Gasteiger partial charge in [0.05, 0.1) is 18.4 Å². The maximum Gasteiger partial charge on any atom is 0.417 e. The highest BCUT2D eigenvalue weighted by atomic mass is 32.2. The summed E-state index contributed by atoms with van der Waals surface area (Å²) in [7, 11) is 0. The molecule has 0 fully saturated rings. The van der Waals surface area contributed by atoms with Crippen molar-refractivity contribution in [2.75, 3.05) is 0 Å². The molecular formula is C11H8F3NO2S. The molecule has 1 N–H and O–H groups in total. The van der Waals surface area contributed by atoms with Gasteiger partial charge >= 0.3 is 6.18 Å². The number of benzene rings is 1. The molecule has 1 aromatic carbocycles. The second-order valence-electron chi connectivity index (χ2n) is 3.39. The van der Waals surface area contributed by atoms with Crippen molar-refractivity contribution in [2.24, 2.45) is 0 Å². The molecule has 0 atom stereocenters. The van der Waals surface area contributed by atoms with E-state index < -0.39 is 18.3 Å². The van der Waals surface area contributed by atoms with Crippen LogP contribution in [0.4, 0.5) is 13.2 Å². The van der Waals surface area contributed by atoms with Gasteiger partial charge in [-0.25, -0.2) is 4.98 Å². The average Bonchev–Trinajstić information content (AvgIpc) is 2.81. The van der Waals surface area contributed by atoms with Crippen LogP contribution < -0.4 is 0 Å². The Labute approximate surface area is 105 Å². The predicted octanol–water partition coefficient (Wildman–Crippen LogP) is 3.34. The number of hydrogen-bond donors (Lipinski definition) is 1. The lowest BCUT2D eigenvalue weighted by atomic mass is 10.1. The zero-order valence-corrected chi connectivity index (χ0v) is 9.76. The number of rotatable bonds is 3. The fourth-order valence-electron chi connectivity index (χ4n) is 1.34. The summed E-state index contributed by atoms with van der Waals surface area (Å²) in [6, 6.07) is 3.65. The normalized spacial score (nSPS) is 11.8. The third-order valence-electron chi connectivity index (χ3n) is 2.14. The van der Waals surface area contributed by atoms with Crippen molar-refractivity contribution in [1.82, 2.24) is 4.98 Å². The van der Waals surface area contributed by atoms with E-state index in [2.05, 4.69) is 4.98 Å². The molecule has 0 unspecified atom stereocenters. The van der Waals surface area contributed by atoms with Crippen LogP contribution in [0.25, 0.3) is 0 Å². The zero-order chi connectivity index (χ0) is 13.2. The average molecular weight is 275 g/mol. The first-order valence-corrected chi connectivity index (χ1v) is 5.70. The minimum atomic E-state index is -4.49. The summed E-state index contributed by atoms with van der Waals surface area (Å²) >= 11 is 0.788. The van der Waals surface area contributed by atoms with Gasteiger partial charge in [0.25, 0.3) is 5.22 Å². The van der Waals surface area contributed by atoms with E-state index in [0.29, 0.717) is 0 Å². The lowest BCUT2D eigenvalue weighted by Crippen LogP contribution is -2.07. The van der Waals surface area contributed by atoms with Crippen LogP contribution in [0.15, 0.2) is 45.2 Å². The fraction of sp³-hybridized carbons (Fsp3) is 0.182. The molecule has 0 bridgehead atoms. The van der Waals surface area contributed by atoms with E-state index in [1.54, 1.807) is 0 Å². The van der Waals surface area contributed by atoms with E-state index in [1.807, 2.05) is 0 Å². The summed E-state index contributed by atoms with van der Waals surface area (Å²) in [5.74, 6) is 0. The summed E-state index contributed by atoms with van der Waals surface area (Å²) in [5.41, 5.74) is -0.601. The van der Waals surface area contributed by atoms with Gasteiger partial charge in [0, 0.05) is 4.90 Å². The van der Waals surface area contributed by atoms with Crippen molar-refractivity contribution in [1.29, 1.82) is 0 Å². The largest absolute Gasteiger partial charge is 0.440 e. The molecule has 0 radical (unpaired) electrons. The summed E-state index contributed by atoms with van der Waals surface area (Å²) in [6.07, 6.45) is -1.84. The van der Waals surface area contributed by atoms with E-state index in [-0.39, 0.29) is 15.7 Å². The van der Waals surface area contributed by atoms with E-state index >= 15 is 0 Å². The predicted molar refractivity (Wildman–Crippen MR) is 58.0 cm³/mol. The molecular weight excluding hydrogens is 267 g/mol. The minimum absolute atomic E-state index is 0.0119. The molecule has 7 heteroatoms. The first-order valence-electron chi connectivity index (χ1n) is 4.89. The second kappa shape index (κ2) is 5.03. The first kappa shape index (κ1) is 13.0. The molecule has 0 spiro atoms. The third kappa shape index (κ3) is 2.85. The number of nitrogens with zero attached hydrogens (tertiary/aromatic N) is 1. The Morgan fingerprint density at radius 2 is 2.11 bits per heavy atom. The second-order valence-corrected chi connectivity index (χ2v) is 4.38. The molecule has 3 nitrogen and oxygen atoms in total. The number of hydrogen-bond acceptors (Lipinski definition) is 4. The molecule has 0 aliphatic rings. The van der Waals surface area contributed by atoms with Gasteiger partial charge in [-0.05, 0) is 29.5 Å². The van der Waals surface area contributed by atoms with Crippen LogP contribution in [0.1, 0.15) is 11.1 Å². The first-order chi connectivity index (χ1) is 8.50. The number of aliphatic hydroxyl groups is 1. The van der Waals surface area contributed by atoms with Crippen molar-refractivity contribution >= 4 is 11.8 Å². The Bertz CT molecular complexity index is 526. The molecule has 0 amide bonds. The number of alkyl halides is 3. The van der Waals surface area contributed by atoms with Gasteiger partial charge in [0.1, 0.15) is 6.26 Å². The van der Waals surface area contributed by atoms with Crippen molar-refractivity contribution in [2.45, 2.75) is 22.9 Å². The lowest BCUT2D eigenvalue weighted by Gasteiger charge is -2.12. The van der Waals surface area contributed by atoms with Gasteiger partial charge in [0.15, 0.2) is 0 Å². The Hall–Kier alpha value is -1.47. The molecule has 0 saturated carbocycles. The van der Waals surface area contributed by atoms with E-state index in [4.69, 9.17) is 9.52 Å². The van der Waals surface area contributed by atoms with E-state index in [1.165, 1.54) is 24.6 Å². The SMILES string of the molecule is OCc1ccc(Sc2ncco2)c(C(F)(F)F)c1. The lowest BCUT2D eigenvalue weighted by molar-refractivity contribution is -0.139. The Kier molecular flexibility index (Phi) is 3.63. The van der Waals surface area contributed by atoms with Crippen LogP contribution in [0.3, 0.4) is 0 Å². The summed E-state index contributed by atoms with van der Waals surface area (Å²) in [6.45, 7) is -0.437. The van der Waals surface area contributed by atoms with Gasteiger partial charge in [-0.15, -0.1) is 0 Å². The van der Waals surface area contributed by atoms with Crippen LogP contribution in [-0.2, 0) is 12.8 Å². The van der Waals surface area contributed by atoms with Crippen LogP contribution in [-0.4, -0.2) is 10.1 Å². The highest BCUT2D eigenvalue weighted by Crippen LogP contribution is 2.39. The highest BCUT2D eigenvalue weighted by molar-refractivity contribution is 7.99. The third-order valence-corrected chi connectivity index (χ3v) is 3.09. The molecule has 1 heterocycles. The quantitative estimate of drug-likeness (QED) is 0.933. The monoisotopic (exact) mass is 275 g/mol. The number of aromatic nitrogens is 1. The van der Waals surface area contributed by atoms with E-state index in [0.717, 1.165) is 17.8 Å². The van der Waals surface area contributed by atoms with Gasteiger partial charge in [-0.2, -0.15) is 13.2 Å². The highest BCUT2D eigenvalue weighted by Gasteiger charge is 2.34. The standard InChI is InChI=1S/C11H8F3NO2S/c12-11(13,14)8-5-7(6-16)1-2-9(8)18-10-15-3-4-17-10/h1-5,16H,6H2. The Morgan fingerprint density at radius 1 is 1.33 bits per heavy atom. The van der Waals surface area contributed by atoms with Crippen molar-refractivity contribution in [3.8, 4) is 0 Å². The van der Waals surface area contributed by atoms with Gasteiger partial charge < -0.3 is 9.52 Å². The maximum atomic E-state index is 12.8. The molecule has 1 aromatic heterocycles. The fourth-order valence-corrected chi connectivity index (χ4v) is 2.17. The van der Waals surface area contributed by atoms with Crippen molar-refractivity contribution in [3.63, 3.8) is 0 Å². The summed E-state index contributed by atoms with van der Waals surface area (Å²) in [4.78, 5) is 3.74. The molecule has 0 aliphatic carbocycles. The van der Waals surface area contributed by atoms with Crippen molar-refractivity contribution < 1.29 is 22.7 Å². The van der Waals surface area contributed by atoms with Crippen LogP contribution in [0.2, 0.25) is 0 Å². The molecule has 2 rings (SSSR count). The molecule has 18 heavy (non-hydrogen) atoms. The smallest absolute Gasteiger partial charge is 0.417 e.